The van der Waals surface area contributed by atoms with Crippen molar-refractivity contribution < 1.29 is 17.2 Å². The van der Waals surface area contributed by atoms with Crippen LogP contribution in [0.4, 0.5) is 11.4 Å². The molecular formula is C10H14ClN2O-. The molecule has 4 heteroatoms. The van der Waals surface area contributed by atoms with Gasteiger partial charge in [-0.1, -0.05) is 6.07 Å². The minimum absolute atomic E-state index is 0. The highest BCUT2D eigenvalue weighted by atomic mass is 35.5. The second-order valence-electron chi connectivity index (χ2n) is 2.79. The lowest BCUT2D eigenvalue weighted by atomic mass is 10.2. The van der Waals surface area contributed by atoms with Gasteiger partial charge in [-0.3, -0.25) is 4.79 Å². The topological polar surface area (TPSA) is 41.1 Å². The van der Waals surface area contributed by atoms with Crippen LogP contribution in [0.15, 0.2) is 24.3 Å². The molecule has 0 fully saturated rings. The third-order valence-electron chi connectivity index (χ3n) is 1.56. The molecule has 1 amide bonds. The van der Waals surface area contributed by atoms with Crippen molar-refractivity contribution >= 4 is 17.3 Å². The fraction of sp³-hybridized carbons (Fsp3) is 0.300. The van der Waals surface area contributed by atoms with Gasteiger partial charge in [0, 0.05) is 24.8 Å². The summed E-state index contributed by atoms with van der Waals surface area (Å²) in [4.78, 5) is 10.8. The summed E-state index contributed by atoms with van der Waals surface area (Å²) in [6, 6.07) is 7.64. The summed E-state index contributed by atoms with van der Waals surface area (Å²) in [6.07, 6.45) is 0. The number of anilines is 2. The van der Waals surface area contributed by atoms with Gasteiger partial charge in [-0.15, -0.1) is 0 Å². The summed E-state index contributed by atoms with van der Waals surface area (Å²) >= 11 is 0. The van der Waals surface area contributed by atoms with Crippen LogP contribution in [0.2, 0.25) is 0 Å². The Labute approximate surface area is 90.3 Å². The molecule has 0 aliphatic rings. The third-order valence-corrected chi connectivity index (χ3v) is 1.56. The molecule has 1 aromatic carbocycles. The van der Waals surface area contributed by atoms with E-state index in [1.54, 1.807) is 0 Å². The van der Waals surface area contributed by atoms with E-state index in [0.717, 1.165) is 17.9 Å². The zero-order chi connectivity index (χ0) is 9.68. The first-order valence-electron chi connectivity index (χ1n) is 4.34. The first-order valence-corrected chi connectivity index (χ1v) is 4.34. The molecule has 1 aromatic rings. The van der Waals surface area contributed by atoms with Crippen LogP contribution in [0, 0.1) is 0 Å². The van der Waals surface area contributed by atoms with Gasteiger partial charge in [0.1, 0.15) is 0 Å². The molecular weight excluding hydrogens is 200 g/mol. The predicted molar refractivity (Wildman–Crippen MR) is 54.9 cm³/mol. The molecule has 14 heavy (non-hydrogen) atoms. The SMILES string of the molecule is CCNc1cccc(NC(C)=O)c1.[Cl-]. The Balaban J connectivity index is 0.00000169. The van der Waals surface area contributed by atoms with Gasteiger partial charge in [-0.2, -0.15) is 0 Å². The average molecular weight is 214 g/mol. The van der Waals surface area contributed by atoms with Gasteiger partial charge < -0.3 is 23.0 Å². The van der Waals surface area contributed by atoms with Crippen LogP contribution in [-0.4, -0.2) is 12.5 Å². The number of hydrogen-bond acceptors (Lipinski definition) is 2. The van der Waals surface area contributed by atoms with Gasteiger partial charge in [0.15, 0.2) is 0 Å². The van der Waals surface area contributed by atoms with Gasteiger partial charge in [-0.25, -0.2) is 0 Å². The highest BCUT2D eigenvalue weighted by Crippen LogP contribution is 2.14. The van der Waals surface area contributed by atoms with Crippen molar-refractivity contribution in [3.05, 3.63) is 24.3 Å². The highest BCUT2D eigenvalue weighted by Gasteiger charge is 1.95. The van der Waals surface area contributed by atoms with E-state index in [-0.39, 0.29) is 18.3 Å². The summed E-state index contributed by atoms with van der Waals surface area (Å²) < 4.78 is 0. The van der Waals surface area contributed by atoms with Gasteiger partial charge in [-0.05, 0) is 25.1 Å². The lowest BCUT2D eigenvalue weighted by Crippen LogP contribution is -3.00. The molecule has 0 atom stereocenters. The van der Waals surface area contributed by atoms with Crippen molar-refractivity contribution in [3.63, 3.8) is 0 Å². The maximum Gasteiger partial charge on any atom is 0.221 e. The Morgan fingerprint density at radius 3 is 2.57 bits per heavy atom. The van der Waals surface area contributed by atoms with Crippen molar-refractivity contribution in [1.29, 1.82) is 0 Å². The normalized spacial score (nSPS) is 8.71. The summed E-state index contributed by atoms with van der Waals surface area (Å²) in [5.74, 6) is -0.0475. The molecule has 0 bridgehead atoms. The van der Waals surface area contributed by atoms with Crippen LogP contribution >= 0.6 is 0 Å². The van der Waals surface area contributed by atoms with E-state index in [2.05, 4.69) is 10.6 Å². The van der Waals surface area contributed by atoms with E-state index in [4.69, 9.17) is 0 Å². The van der Waals surface area contributed by atoms with E-state index in [0.29, 0.717) is 0 Å². The summed E-state index contributed by atoms with van der Waals surface area (Å²) in [5, 5.41) is 5.89. The summed E-state index contributed by atoms with van der Waals surface area (Å²) in [5.41, 5.74) is 1.85. The number of benzene rings is 1. The van der Waals surface area contributed by atoms with Crippen LogP contribution in [0.25, 0.3) is 0 Å². The largest absolute Gasteiger partial charge is 1.00 e. The Bertz CT molecular complexity index is 302. The molecule has 1 rings (SSSR count). The van der Waals surface area contributed by atoms with Gasteiger partial charge in [0.05, 0.1) is 0 Å². The van der Waals surface area contributed by atoms with E-state index in [9.17, 15) is 4.79 Å². The molecule has 2 N–H and O–H groups in total. The molecule has 0 saturated carbocycles. The van der Waals surface area contributed by atoms with Gasteiger partial charge >= 0.3 is 0 Å². The zero-order valence-electron chi connectivity index (χ0n) is 8.30. The first kappa shape index (κ1) is 12.8. The molecule has 0 unspecified atom stereocenters. The number of nitrogens with one attached hydrogen (secondary N) is 2. The maximum atomic E-state index is 10.8. The molecule has 0 spiro atoms. The van der Waals surface area contributed by atoms with Gasteiger partial charge in [0.2, 0.25) is 5.91 Å². The van der Waals surface area contributed by atoms with E-state index in [1.165, 1.54) is 6.92 Å². The first-order chi connectivity index (χ1) is 6.22. The molecule has 0 radical (unpaired) electrons. The molecule has 3 nitrogen and oxygen atoms in total. The molecule has 78 valence electrons. The molecule has 0 saturated heterocycles. The van der Waals surface area contributed by atoms with Crippen LogP contribution in [0.3, 0.4) is 0 Å². The fourth-order valence-corrected chi connectivity index (χ4v) is 1.11. The molecule has 0 heterocycles. The number of carbonyl (C=O) groups excluding carboxylic acids is 1. The monoisotopic (exact) mass is 213 g/mol. The number of halogens is 1. The van der Waals surface area contributed by atoms with Crippen molar-refractivity contribution in [2.75, 3.05) is 17.2 Å². The summed E-state index contributed by atoms with van der Waals surface area (Å²) in [6.45, 7) is 4.41. The van der Waals surface area contributed by atoms with E-state index < -0.39 is 0 Å². The van der Waals surface area contributed by atoms with Crippen molar-refractivity contribution in [2.24, 2.45) is 0 Å². The Hall–Kier alpha value is -1.22. The second-order valence-corrected chi connectivity index (χ2v) is 2.79. The predicted octanol–water partition coefficient (Wildman–Crippen LogP) is -0.919. The number of hydrogen-bond donors (Lipinski definition) is 2. The van der Waals surface area contributed by atoms with Gasteiger partial charge in [0.25, 0.3) is 0 Å². The quantitative estimate of drug-likeness (QED) is 0.682. The van der Waals surface area contributed by atoms with Crippen molar-refractivity contribution in [3.8, 4) is 0 Å². The fourth-order valence-electron chi connectivity index (χ4n) is 1.11. The van der Waals surface area contributed by atoms with E-state index >= 15 is 0 Å². The minimum Gasteiger partial charge on any atom is -1.00 e. The smallest absolute Gasteiger partial charge is 0.221 e. The van der Waals surface area contributed by atoms with Crippen molar-refractivity contribution in [1.82, 2.24) is 0 Å². The van der Waals surface area contributed by atoms with Crippen LogP contribution in [-0.2, 0) is 4.79 Å². The minimum atomic E-state index is -0.0475. The van der Waals surface area contributed by atoms with Crippen molar-refractivity contribution in [2.45, 2.75) is 13.8 Å². The Morgan fingerprint density at radius 1 is 1.36 bits per heavy atom. The second kappa shape index (κ2) is 6.27. The van der Waals surface area contributed by atoms with Crippen LogP contribution < -0.4 is 23.0 Å². The third kappa shape index (κ3) is 4.14. The lowest BCUT2D eigenvalue weighted by Gasteiger charge is -2.06. The molecule has 0 aliphatic heterocycles. The Morgan fingerprint density at radius 2 is 2.00 bits per heavy atom. The molecule has 0 aliphatic carbocycles. The van der Waals surface area contributed by atoms with E-state index in [1.807, 2.05) is 31.2 Å². The zero-order valence-corrected chi connectivity index (χ0v) is 9.06. The Kier molecular flexibility index (Phi) is 5.72. The van der Waals surface area contributed by atoms with Crippen LogP contribution in [0.1, 0.15) is 13.8 Å². The number of rotatable bonds is 3. The number of carbonyl (C=O) groups is 1. The number of amides is 1. The average Bonchev–Trinajstić information content (AvgIpc) is 2.04. The van der Waals surface area contributed by atoms with Crippen LogP contribution in [0.5, 0.6) is 0 Å². The molecule has 0 aromatic heterocycles. The lowest BCUT2D eigenvalue weighted by molar-refractivity contribution is -0.114. The highest BCUT2D eigenvalue weighted by molar-refractivity contribution is 5.89. The summed E-state index contributed by atoms with van der Waals surface area (Å²) in [7, 11) is 0. The standard InChI is InChI=1S/C10H14N2O.ClH/c1-3-11-9-5-4-6-10(7-9)12-8(2)13;/h4-7,11H,3H2,1-2H3,(H,12,13);1H/p-1. The maximum absolute atomic E-state index is 10.8.